The van der Waals surface area contributed by atoms with E-state index in [9.17, 15) is 20.1 Å². The zero-order valence-electron chi connectivity index (χ0n) is 9.59. The lowest BCUT2D eigenvalue weighted by Gasteiger charge is -2.09. The van der Waals surface area contributed by atoms with Crippen molar-refractivity contribution in [2.45, 2.75) is 0 Å². The van der Waals surface area contributed by atoms with E-state index in [1.165, 1.54) is 36.4 Å². The molecule has 1 amide bonds. The Morgan fingerprint density at radius 3 is 2.21 bits per heavy atom. The summed E-state index contributed by atoms with van der Waals surface area (Å²) in [5.74, 6) is -1.55. The molecule has 2 rings (SSSR count). The lowest BCUT2D eigenvalue weighted by Crippen LogP contribution is -2.12. The first kappa shape index (κ1) is 13.0. The first-order chi connectivity index (χ1) is 8.99. The number of nitrogens with one attached hydrogen (secondary N) is 1. The summed E-state index contributed by atoms with van der Waals surface area (Å²) >= 11 is 5.64. The first-order valence-electron chi connectivity index (χ1n) is 5.30. The average Bonchev–Trinajstić information content (AvgIpc) is 2.33. The monoisotopic (exact) mass is 279 g/mol. The van der Waals surface area contributed by atoms with Crippen LogP contribution in [0.15, 0.2) is 36.4 Å². The molecule has 2 aromatic carbocycles. The number of anilines is 1. The molecule has 98 valence electrons. The first-order valence-corrected chi connectivity index (χ1v) is 5.67. The third-order valence-corrected chi connectivity index (χ3v) is 2.77. The molecule has 0 aliphatic rings. The van der Waals surface area contributed by atoms with Crippen LogP contribution in [-0.4, -0.2) is 21.2 Å². The quantitative estimate of drug-likeness (QED) is 0.680. The molecule has 0 aromatic heterocycles. The molecule has 19 heavy (non-hydrogen) atoms. The third-order valence-electron chi connectivity index (χ3n) is 2.45. The maximum Gasteiger partial charge on any atom is 0.263 e. The Bertz CT molecular complexity index is 622. The average molecular weight is 280 g/mol. The Balaban J connectivity index is 2.28. The Morgan fingerprint density at radius 1 is 1.00 bits per heavy atom. The number of aromatic hydroxyl groups is 3. The largest absolute Gasteiger partial charge is 0.507 e. The molecule has 0 saturated carbocycles. The maximum absolute atomic E-state index is 11.9. The summed E-state index contributed by atoms with van der Waals surface area (Å²) in [6.45, 7) is 0. The van der Waals surface area contributed by atoms with Crippen molar-refractivity contribution in [2.24, 2.45) is 0 Å². The van der Waals surface area contributed by atoms with E-state index in [2.05, 4.69) is 5.32 Å². The number of carbonyl (C=O) groups excluding carboxylic acids is 1. The van der Waals surface area contributed by atoms with Gasteiger partial charge in [-0.1, -0.05) is 17.7 Å². The lowest BCUT2D eigenvalue weighted by atomic mass is 10.1. The molecule has 0 spiro atoms. The van der Waals surface area contributed by atoms with E-state index in [1.54, 1.807) is 0 Å². The van der Waals surface area contributed by atoms with Crippen LogP contribution in [0.3, 0.4) is 0 Å². The number of amides is 1. The van der Waals surface area contributed by atoms with Gasteiger partial charge in [0.1, 0.15) is 22.8 Å². The number of hydrogen-bond donors (Lipinski definition) is 4. The normalized spacial score (nSPS) is 10.2. The molecule has 0 radical (unpaired) electrons. The van der Waals surface area contributed by atoms with Gasteiger partial charge in [-0.15, -0.1) is 0 Å². The number of rotatable bonds is 2. The Kier molecular flexibility index (Phi) is 3.48. The van der Waals surface area contributed by atoms with Crippen molar-refractivity contribution in [2.75, 3.05) is 5.32 Å². The van der Waals surface area contributed by atoms with E-state index in [-0.39, 0.29) is 33.5 Å². The van der Waals surface area contributed by atoms with Gasteiger partial charge >= 0.3 is 0 Å². The molecule has 0 heterocycles. The molecule has 0 fully saturated rings. The van der Waals surface area contributed by atoms with E-state index in [1.807, 2.05) is 0 Å². The molecule has 0 aliphatic heterocycles. The van der Waals surface area contributed by atoms with Gasteiger partial charge in [0, 0.05) is 11.8 Å². The lowest BCUT2D eigenvalue weighted by molar-refractivity contribution is 0.102. The molecular formula is C13H10ClNO4. The second-order valence-electron chi connectivity index (χ2n) is 3.79. The van der Waals surface area contributed by atoms with Gasteiger partial charge in [-0.2, -0.15) is 0 Å². The van der Waals surface area contributed by atoms with Crippen molar-refractivity contribution < 1.29 is 20.1 Å². The highest BCUT2D eigenvalue weighted by Crippen LogP contribution is 2.29. The Labute approximate surface area is 113 Å². The van der Waals surface area contributed by atoms with Gasteiger partial charge in [-0.05, 0) is 24.3 Å². The van der Waals surface area contributed by atoms with E-state index < -0.39 is 5.91 Å². The Hall–Kier alpha value is -2.40. The number of benzene rings is 2. The van der Waals surface area contributed by atoms with Crippen LogP contribution in [0.1, 0.15) is 10.4 Å². The van der Waals surface area contributed by atoms with E-state index in [0.717, 1.165) is 0 Å². The van der Waals surface area contributed by atoms with E-state index >= 15 is 0 Å². The highest BCUT2D eigenvalue weighted by atomic mass is 35.5. The van der Waals surface area contributed by atoms with Gasteiger partial charge in [-0.3, -0.25) is 4.79 Å². The fraction of sp³-hybridized carbons (Fsp3) is 0. The summed E-state index contributed by atoms with van der Waals surface area (Å²) in [6, 6.07) is 8.14. The number of hydrogen-bond acceptors (Lipinski definition) is 4. The fourth-order valence-electron chi connectivity index (χ4n) is 1.54. The van der Waals surface area contributed by atoms with E-state index in [0.29, 0.717) is 0 Å². The fourth-order valence-corrected chi connectivity index (χ4v) is 1.66. The Morgan fingerprint density at radius 2 is 1.63 bits per heavy atom. The predicted octanol–water partition coefficient (Wildman–Crippen LogP) is 2.71. The number of phenols is 3. The molecule has 2 aromatic rings. The summed E-state index contributed by atoms with van der Waals surface area (Å²) in [5.41, 5.74) is 0.0477. The third kappa shape index (κ3) is 2.71. The minimum Gasteiger partial charge on any atom is -0.507 e. The molecule has 0 unspecified atom stereocenters. The van der Waals surface area contributed by atoms with Crippen molar-refractivity contribution in [3.63, 3.8) is 0 Å². The summed E-state index contributed by atoms with van der Waals surface area (Å²) in [6.07, 6.45) is 0. The van der Waals surface area contributed by atoms with Crippen molar-refractivity contribution in [1.29, 1.82) is 0 Å². The smallest absolute Gasteiger partial charge is 0.263 e. The molecule has 4 N–H and O–H groups in total. The topological polar surface area (TPSA) is 89.8 Å². The van der Waals surface area contributed by atoms with Crippen LogP contribution < -0.4 is 5.32 Å². The maximum atomic E-state index is 11.9. The SMILES string of the molecule is O=C(Nc1ccc(Cl)c(O)c1)c1c(O)cccc1O. The van der Waals surface area contributed by atoms with Crippen LogP contribution in [-0.2, 0) is 0 Å². The predicted molar refractivity (Wildman–Crippen MR) is 70.8 cm³/mol. The van der Waals surface area contributed by atoms with Crippen molar-refractivity contribution in [3.8, 4) is 17.2 Å². The second kappa shape index (κ2) is 5.07. The number of halogens is 1. The van der Waals surface area contributed by atoms with Gasteiger partial charge in [-0.25, -0.2) is 0 Å². The summed E-state index contributed by atoms with van der Waals surface area (Å²) < 4.78 is 0. The second-order valence-corrected chi connectivity index (χ2v) is 4.20. The van der Waals surface area contributed by atoms with Crippen LogP contribution in [0.2, 0.25) is 5.02 Å². The van der Waals surface area contributed by atoms with E-state index in [4.69, 9.17) is 11.6 Å². The zero-order chi connectivity index (χ0) is 14.0. The van der Waals surface area contributed by atoms with Gasteiger partial charge in [0.25, 0.3) is 5.91 Å². The van der Waals surface area contributed by atoms with Gasteiger partial charge < -0.3 is 20.6 Å². The van der Waals surface area contributed by atoms with Crippen LogP contribution in [0, 0.1) is 0 Å². The van der Waals surface area contributed by atoms with Crippen LogP contribution >= 0.6 is 11.6 Å². The molecular weight excluding hydrogens is 270 g/mol. The molecule has 0 saturated heterocycles. The highest BCUT2D eigenvalue weighted by Gasteiger charge is 2.16. The molecule has 6 heteroatoms. The molecule has 0 bridgehead atoms. The van der Waals surface area contributed by atoms with Crippen molar-refractivity contribution >= 4 is 23.2 Å². The summed E-state index contributed by atoms with van der Waals surface area (Å²) in [5, 5.41) is 31.1. The minimum absolute atomic E-state index is 0.156. The summed E-state index contributed by atoms with van der Waals surface area (Å²) in [4.78, 5) is 11.9. The van der Waals surface area contributed by atoms with Crippen LogP contribution in [0.4, 0.5) is 5.69 Å². The van der Waals surface area contributed by atoms with Gasteiger partial charge in [0.15, 0.2) is 0 Å². The van der Waals surface area contributed by atoms with Gasteiger partial charge in [0.2, 0.25) is 0 Å². The molecule has 5 nitrogen and oxygen atoms in total. The number of carbonyl (C=O) groups is 1. The van der Waals surface area contributed by atoms with Crippen molar-refractivity contribution in [3.05, 3.63) is 47.0 Å². The number of phenolic OH excluding ortho intramolecular Hbond substituents is 3. The van der Waals surface area contributed by atoms with Gasteiger partial charge in [0.05, 0.1) is 5.02 Å². The van der Waals surface area contributed by atoms with Crippen molar-refractivity contribution in [1.82, 2.24) is 0 Å². The molecule has 0 aliphatic carbocycles. The van der Waals surface area contributed by atoms with Crippen LogP contribution in [0.25, 0.3) is 0 Å². The highest BCUT2D eigenvalue weighted by molar-refractivity contribution is 6.32. The minimum atomic E-state index is -0.697. The van der Waals surface area contributed by atoms with Crippen LogP contribution in [0.5, 0.6) is 17.2 Å². The standard InChI is InChI=1S/C13H10ClNO4/c14-8-5-4-7(6-11(8)18)15-13(19)12-9(16)2-1-3-10(12)17/h1-6,16-18H,(H,15,19). The zero-order valence-corrected chi connectivity index (χ0v) is 10.3. The molecule has 0 atom stereocenters. The summed E-state index contributed by atoms with van der Waals surface area (Å²) in [7, 11) is 0.